The number of carbonyl (C=O) groups excluding carboxylic acids is 2. The smallest absolute Gasteiger partial charge is 0.434 e. The normalized spacial score (nSPS) is 11.0. The van der Waals surface area contributed by atoms with Crippen molar-refractivity contribution < 1.29 is 37.0 Å². The Morgan fingerprint density at radius 3 is 2.14 bits per heavy atom. The second kappa shape index (κ2) is 6.50. The van der Waals surface area contributed by atoms with Crippen LogP contribution in [0.3, 0.4) is 0 Å². The molecule has 0 unspecified atom stereocenters. The minimum Gasteiger partial charge on any atom is -0.495 e. The van der Waals surface area contributed by atoms with Crippen molar-refractivity contribution in [1.82, 2.24) is 4.98 Å². The Labute approximate surface area is 123 Å². The van der Waals surface area contributed by atoms with Crippen LogP contribution in [0.25, 0.3) is 0 Å². The van der Waals surface area contributed by atoms with E-state index in [9.17, 15) is 22.8 Å². The third-order valence-corrected chi connectivity index (χ3v) is 2.51. The van der Waals surface area contributed by atoms with Crippen LogP contribution in [0.15, 0.2) is 0 Å². The van der Waals surface area contributed by atoms with Gasteiger partial charge in [0.2, 0.25) is 5.88 Å². The average Bonchev–Trinajstić information content (AvgIpc) is 2.43. The molecular formula is C12H13F3N2O5. The number of ether oxygens (including phenoxy) is 3. The Balaban J connectivity index is 3.85. The number of methoxy groups -OCH3 is 2. The molecular weight excluding hydrogens is 309 g/mol. The SMILES string of the molecule is CCOC(=O)c1c(C(F)(F)F)nc(OC)c(C(N)=O)c1OC. The lowest BCUT2D eigenvalue weighted by Gasteiger charge is -2.18. The monoisotopic (exact) mass is 322 g/mol. The Morgan fingerprint density at radius 2 is 1.77 bits per heavy atom. The second-order valence-electron chi connectivity index (χ2n) is 3.84. The summed E-state index contributed by atoms with van der Waals surface area (Å²) in [6.07, 6.45) is -5.00. The number of nitrogens with zero attached hydrogens (tertiary/aromatic N) is 1. The van der Waals surface area contributed by atoms with Crippen molar-refractivity contribution in [2.45, 2.75) is 13.1 Å². The average molecular weight is 322 g/mol. The first-order valence-corrected chi connectivity index (χ1v) is 5.89. The summed E-state index contributed by atoms with van der Waals surface area (Å²) >= 11 is 0. The van der Waals surface area contributed by atoms with Crippen LogP contribution in [0.4, 0.5) is 13.2 Å². The van der Waals surface area contributed by atoms with Gasteiger partial charge in [-0.3, -0.25) is 4.79 Å². The van der Waals surface area contributed by atoms with Crippen LogP contribution < -0.4 is 15.2 Å². The zero-order valence-electron chi connectivity index (χ0n) is 11.9. The predicted molar refractivity (Wildman–Crippen MR) is 66.8 cm³/mol. The van der Waals surface area contributed by atoms with Gasteiger partial charge >= 0.3 is 12.1 Å². The number of amides is 1. The third-order valence-electron chi connectivity index (χ3n) is 2.51. The topological polar surface area (TPSA) is 101 Å². The molecule has 0 aliphatic carbocycles. The van der Waals surface area contributed by atoms with E-state index in [-0.39, 0.29) is 6.61 Å². The number of pyridine rings is 1. The van der Waals surface area contributed by atoms with Crippen LogP contribution in [-0.2, 0) is 10.9 Å². The molecule has 10 heteroatoms. The Hall–Kier alpha value is -2.52. The molecule has 0 atom stereocenters. The van der Waals surface area contributed by atoms with Crippen molar-refractivity contribution in [3.63, 3.8) is 0 Å². The maximum absolute atomic E-state index is 13.1. The van der Waals surface area contributed by atoms with Gasteiger partial charge in [-0.25, -0.2) is 9.78 Å². The van der Waals surface area contributed by atoms with Crippen molar-refractivity contribution in [2.24, 2.45) is 5.73 Å². The molecule has 0 spiro atoms. The fourth-order valence-electron chi connectivity index (χ4n) is 1.71. The molecule has 0 aromatic carbocycles. The van der Waals surface area contributed by atoms with E-state index in [1.165, 1.54) is 6.92 Å². The van der Waals surface area contributed by atoms with Gasteiger partial charge in [0.05, 0.1) is 20.8 Å². The Morgan fingerprint density at radius 1 is 1.18 bits per heavy atom. The van der Waals surface area contributed by atoms with Gasteiger partial charge in [0.15, 0.2) is 11.4 Å². The van der Waals surface area contributed by atoms with Gasteiger partial charge in [0.1, 0.15) is 11.1 Å². The fourth-order valence-corrected chi connectivity index (χ4v) is 1.71. The summed E-state index contributed by atoms with van der Waals surface area (Å²) in [5.74, 6) is -3.92. The zero-order valence-corrected chi connectivity index (χ0v) is 11.9. The van der Waals surface area contributed by atoms with Gasteiger partial charge in [-0.2, -0.15) is 13.2 Å². The van der Waals surface area contributed by atoms with E-state index in [1.807, 2.05) is 0 Å². The molecule has 1 aromatic heterocycles. The highest BCUT2D eigenvalue weighted by Crippen LogP contribution is 2.40. The third kappa shape index (κ3) is 3.21. The molecule has 0 bridgehead atoms. The van der Waals surface area contributed by atoms with Gasteiger partial charge in [-0.1, -0.05) is 0 Å². The lowest BCUT2D eigenvalue weighted by atomic mass is 10.1. The predicted octanol–water partition coefficient (Wildman–Crippen LogP) is 1.39. The maximum atomic E-state index is 13.1. The van der Waals surface area contributed by atoms with E-state index >= 15 is 0 Å². The van der Waals surface area contributed by atoms with Crippen molar-refractivity contribution in [3.8, 4) is 11.6 Å². The molecule has 122 valence electrons. The summed E-state index contributed by atoms with van der Waals surface area (Å²) in [4.78, 5) is 26.4. The van der Waals surface area contributed by atoms with Crippen LogP contribution >= 0.6 is 0 Å². The summed E-state index contributed by atoms with van der Waals surface area (Å²) < 4.78 is 53.3. The van der Waals surface area contributed by atoms with Gasteiger partial charge in [0.25, 0.3) is 5.91 Å². The van der Waals surface area contributed by atoms with Gasteiger partial charge in [-0.15, -0.1) is 0 Å². The van der Waals surface area contributed by atoms with E-state index in [0.29, 0.717) is 0 Å². The fraction of sp³-hybridized carbons (Fsp3) is 0.417. The number of carbonyl (C=O) groups is 2. The van der Waals surface area contributed by atoms with Crippen molar-refractivity contribution in [1.29, 1.82) is 0 Å². The number of nitrogens with two attached hydrogens (primary N) is 1. The first-order valence-electron chi connectivity index (χ1n) is 5.89. The first kappa shape index (κ1) is 17.5. The first-order chi connectivity index (χ1) is 10.2. The quantitative estimate of drug-likeness (QED) is 0.822. The minimum atomic E-state index is -5.00. The van der Waals surface area contributed by atoms with E-state index in [0.717, 1.165) is 14.2 Å². The standard InChI is InChI=1S/C12H13F3N2O5/c1-4-22-11(19)5-7(20-2)6(9(16)18)10(21-3)17-8(5)12(13,14)15/h4H2,1-3H3,(H2,16,18). The number of aromatic nitrogens is 1. The molecule has 1 amide bonds. The number of hydrogen-bond donors (Lipinski definition) is 1. The van der Waals surface area contributed by atoms with Gasteiger partial charge in [-0.05, 0) is 6.92 Å². The molecule has 0 radical (unpaired) electrons. The Kier molecular flexibility index (Phi) is 5.18. The molecule has 0 aliphatic rings. The molecule has 7 nitrogen and oxygen atoms in total. The molecule has 0 saturated heterocycles. The highest BCUT2D eigenvalue weighted by molar-refractivity contribution is 6.04. The summed E-state index contributed by atoms with van der Waals surface area (Å²) in [6.45, 7) is 1.22. The number of rotatable bonds is 5. The molecule has 0 aliphatic heterocycles. The van der Waals surface area contributed by atoms with Crippen LogP contribution in [0, 0.1) is 0 Å². The molecule has 22 heavy (non-hydrogen) atoms. The highest BCUT2D eigenvalue weighted by atomic mass is 19.4. The molecule has 1 aromatic rings. The highest BCUT2D eigenvalue weighted by Gasteiger charge is 2.42. The number of esters is 1. The van der Waals surface area contributed by atoms with E-state index in [2.05, 4.69) is 14.5 Å². The molecule has 1 rings (SSSR count). The minimum absolute atomic E-state index is 0.183. The Bertz CT molecular complexity index is 601. The van der Waals surface area contributed by atoms with E-state index in [1.54, 1.807) is 0 Å². The van der Waals surface area contributed by atoms with Crippen molar-refractivity contribution in [3.05, 3.63) is 16.8 Å². The number of primary amides is 1. The lowest BCUT2D eigenvalue weighted by molar-refractivity contribution is -0.142. The van der Waals surface area contributed by atoms with Gasteiger partial charge in [0, 0.05) is 0 Å². The van der Waals surface area contributed by atoms with Gasteiger partial charge < -0.3 is 19.9 Å². The van der Waals surface area contributed by atoms with E-state index < -0.39 is 46.5 Å². The second-order valence-corrected chi connectivity index (χ2v) is 3.84. The lowest BCUT2D eigenvalue weighted by Crippen LogP contribution is -2.23. The number of hydrogen-bond acceptors (Lipinski definition) is 6. The van der Waals surface area contributed by atoms with Crippen molar-refractivity contribution in [2.75, 3.05) is 20.8 Å². The molecule has 1 heterocycles. The summed E-state index contributed by atoms with van der Waals surface area (Å²) in [5.41, 5.74) is 1.89. The molecule has 0 saturated carbocycles. The van der Waals surface area contributed by atoms with E-state index in [4.69, 9.17) is 10.5 Å². The zero-order chi connectivity index (χ0) is 17.1. The molecule has 0 fully saturated rings. The number of alkyl halides is 3. The number of halogens is 3. The maximum Gasteiger partial charge on any atom is 0.434 e. The van der Waals surface area contributed by atoms with Crippen LogP contribution in [0.5, 0.6) is 11.6 Å². The van der Waals surface area contributed by atoms with Crippen LogP contribution in [0.1, 0.15) is 33.3 Å². The summed E-state index contributed by atoms with van der Waals surface area (Å²) in [5, 5.41) is 0. The van der Waals surface area contributed by atoms with Crippen LogP contribution in [0.2, 0.25) is 0 Å². The summed E-state index contributed by atoms with van der Waals surface area (Å²) in [7, 11) is 1.97. The van der Waals surface area contributed by atoms with Crippen molar-refractivity contribution >= 4 is 11.9 Å². The molecule has 2 N–H and O–H groups in total. The van der Waals surface area contributed by atoms with Crippen LogP contribution in [-0.4, -0.2) is 37.7 Å². The largest absolute Gasteiger partial charge is 0.495 e. The summed E-state index contributed by atoms with van der Waals surface area (Å²) in [6, 6.07) is 0.